The molecule has 2 heterocycles. The number of ether oxygens (including phenoxy) is 1. The first-order chi connectivity index (χ1) is 16.0. The number of para-hydroxylation sites is 1. The lowest BCUT2D eigenvalue weighted by Crippen LogP contribution is -2.48. The van der Waals surface area contributed by atoms with Crippen molar-refractivity contribution in [3.05, 3.63) is 101 Å². The Morgan fingerprint density at radius 3 is 2.33 bits per heavy atom. The molecule has 2 aliphatic rings. The maximum absolute atomic E-state index is 13.7. The Balaban J connectivity index is 1.67. The molecule has 0 N–H and O–H groups in total. The quantitative estimate of drug-likeness (QED) is 0.555. The standard InChI is InChI=1S/C25H19ClFN3O3/c26-18-10-6-16(7-11-18)21-22(17-8-12-19(27)13-9-17)28-30(20-4-2-1-3-5-20)23(21)24(31)29-14-15-33-25(29)32/h1-13,21,23H,14-15H2/t21-,23-/m1/s1. The smallest absolute Gasteiger partial charge is 0.416 e. The van der Waals surface area contributed by atoms with E-state index in [1.54, 1.807) is 29.3 Å². The number of nitrogens with zero attached hydrogens (tertiary/aromatic N) is 3. The molecule has 0 aromatic heterocycles. The summed E-state index contributed by atoms with van der Waals surface area (Å²) in [5.74, 6) is -1.32. The topological polar surface area (TPSA) is 62.2 Å². The van der Waals surface area contributed by atoms with E-state index in [1.807, 2.05) is 42.5 Å². The zero-order chi connectivity index (χ0) is 22.9. The van der Waals surface area contributed by atoms with Crippen molar-refractivity contribution in [2.45, 2.75) is 12.0 Å². The van der Waals surface area contributed by atoms with Crippen molar-refractivity contribution in [1.82, 2.24) is 4.90 Å². The number of rotatable bonds is 4. The van der Waals surface area contributed by atoms with Crippen LogP contribution in [0.25, 0.3) is 0 Å². The number of imide groups is 1. The number of carbonyl (C=O) groups is 2. The van der Waals surface area contributed by atoms with Crippen molar-refractivity contribution in [2.24, 2.45) is 5.10 Å². The van der Waals surface area contributed by atoms with E-state index in [9.17, 15) is 14.0 Å². The number of hydrogen-bond donors (Lipinski definition) is 0. The van der Waals surface area contributed by atoms with Gasteiger partial charge in [0.1, 0.15) is 18.5 Å². The largest absolute Gasteiger partial charge is 0.447 e. The van der Waals surface area contributed by atoms with Gasteiger partial charge in [0.25, 0.3) is 5.91 Å². The molecule has 166 valence electrons. The molecule has 0 aliphatic carbocycles. The van der Waals surface area contributed by atoms with Crippen LogP contribution in [-0.4, -0.2) is 41.8 Å². The van der Waals surface area contributed by atoms with E-state index < -0.39 is 24.0 Å². The molecule has 3 aromatic carbocycles. The van der Waals surface area contributed by atoms with Gasteiger partial charge in [0.2, 0.25) is 0 Å². The number of hydrazone groups is 1. The molecule has 6 nitrogen and oxygen atoms in total. The van der Waals surface area contributed by atoms with E-state index in [0.717, 1.165) is 10.5 Å². The van der Waals surface area contributed by atoms with Gasteiger partial charge in [-0.1, -0.05) is 54.1 Å². The normalized spacial score (nSPS) is 20.1. The van der Waals surface area contributed by atoms with Crippen molar-refractivity contribution < 1.29 is 18.7 Å². The monoisotopic (exact) mass is 463 g/mol. The number of hydrogen-bond acceptors (Lipinski definition) is 5. The summed E-state index contributed by atoms with van der Waals surface area (Å²) in [5, 5.41) is 7.02. The number of cyclic esters (lactones) is 1. The predicted octanol–water partition coefficient (Wildman–Crippen LogP) is 4.83. The van der Waals surface area contributed by atoms with Crippen LogP contribution in [0, 0.1) is 5.82 Å². The molecule has 0 radical (unpaired) electrons. The lowest BCUT2D eigenvalue weighted by Gasteiger charge is -2.29. The van der Waals surface area contributed by atoms with Gasteiger partial charge in [-0.05, 0) is 47.5 Å². The number of carbonyl (C=O) groups excluding carboxylic acids is 2. The lowest BCUT2D eigenvalue weighted by atomic mass is 9.84. The minimum absolute atomic E-state index is 0.153. The van der Waals surface area contributed by atoms with E-state index >= 15 is 0 Å². The third kappa shape index (κ3) is 3.96. The molecular formula is C25H19ClFN3O3. The van der Waals surface area contributed by atoms with Gasteiger partial charge in [-0.2, -0.15) is 5.10 Å². The predicted molar refractivity (Wildman–Crippen MR) is 123 cm³/mol. The summed E-state index contributed by atoms with van der Waals surface area (Å²) >= 11 is 6.12. The van der Waals surface area contributed by atoms with Crippen LogP contribution in [0.1, 0.15) is 17.0 Å². The summed E-state index contributed by atoms with van der Waals surface area (Å²) in [4.78, 5) is 27.1. The molecule has 1 fully saturated rings. The summed E-state index contributed by atoms with van der Waals surface area (Å²) in [5.41, 5.74) is 2.76. The van der Waals surface area contributed by atoms with Crippen LogP contribution in [0.2, 0.25) is 5.02 Å². The minimum Gasteiger partial charge on any atom is -0.447 e. The van der Waals surface area contributed by atoms with Gasteiger partial charge >= 0.3 is 6.09 Å². The molecule has 0 bridgehead atoms. The van der Waals surface area contributed by atoms with Gasteiger partial charge in [-0.25, -0.2) is 14.1 Å². The van der Waals surface area contributed by atoms with E-state index in [0.29, 0.717) is 22.0 Å². The van der Waals surface area contributed by atoms with Gasteiger partial charge in [0.15, 0.2) is 0 Å². The number of amides is 2. The SMILES string of the molecule is O=C1OCCN1C(=O)[C@H]1[C@H](c2ccc(Cl)cc2)C(c2ccc(F)cc2)=NN1c1ccccc1. The molecule has 2 amide bonds. The second-order valence-electron chi connectivity index (χ2n) is 7.75. The van der Waals surface area contributed by atoms with Gasteiger partial charge in [-0.3, -0.25) is 9.80 Å². The van der Waals surface area contributed by atoms with Gasteiger partial charge in [-0.15, -0.1) is 0 Å². The average molecular weight is 464 g/mol. The van der Waals surface area contributed by atoms with Crippen LogP contribution >= 0.6 is 11.6 Å². The third-order valence-electron chi connectivity index (χ3n) is 5.76. The first kappa shape index (κ1) is 21.2. The molecular weight excluding hydrogens is 445 g/mol. The number of anilines is 1. The first-order valence-electron chi connectivity index (χ1n) is 10.5. The fraction of sp³-hybridized carbons (Fsp3) is 0.160. The Labute approximate surface area is 194 Å². The molecule has 2 atom stereocenters. The van der Waals surface area contributed by atoms with E-state index in [-0.39, 0.29) is 19.0 Å². The highest BCUT2D eigenvalue weighted by molar-refractivity contribution is 6.30. The Kier molecular flexibility index (Phi) is 5.56. The molecule has 33 heavy (non-hydrogen) atoms. The Morgan fingerprint density at radius 1 is 1.00 bits per heavy atom. The van der Waals surface area contributed by atoms with E-state index in [4.69, 9.17) is 21.4 Å². The molecule has 0 spiro atoms. The van der Waals surface area contributed by atoms with Crippen LogP contribution in [0.4, 0.5) is 14.9 Å². The maximum Gasteiger partial charge on any atom is 0.416 e. The maximum atomic E-state index is 13.7. The molecule has 5 rings (SSSR count). The van der Waals surface area contributed by atoms with Gasteiger partial charge in [0, 0.05) is 5.02 Å². The Morgan fingerprint density at radius 2 is 1.70 bits per heavy atom. The minimum atomic E-state index is -0.848. The highest BCUT2D eigenvalue weighted by atomic mass is 35.5. The zero-order valence-corrected chi connectivity index (χ0v) is 18.2. The number of benzene rings is 3. The molecule has 0 unspecified atom stereocenters. The van der Waals surface area contributed by atoms with Crippen LogP contribution < -0.4 is 5.01 Å². The van der Waals surface area contributed by atoms with E-state index in [1.165, 1.54) is 12.1 Å². The van der Waals surface area contributed by atoms with Gasteiger partial charge in [0.05, 0.1) is 23.9 Å². The summed E-state index contributed by atoms with van der Waals surface area (Å²) in [6.07, 6.45) is -0.668. The van der Waals surface area contributed by atoms with Gasteiger partial charge < -0.3 is 4.74 Å². The fourth-order valence-corrected chi connectivity index (χ4v) is 4.32. The zero-order valence-electron chi connectivity index (χ0n) is 17.4. The van der Waals surface area contributed by atoms with Crippen molar-refractivity contribution >= 4 is 35.0 Å². The second kappa shape index (κ2) is 8.67. The van der Waals surface area contributed by atoms with E-state index in [2.05, 4.69) is 0 Å². The highest BCUT2D eigenvalue weighted by Crippen LogP contribution is 2.39. The highest BCUT2D eigenvalue weighted by Gasteiger charge is 2.48. The molecule has 3 aromatic rings. The molecule has 1 saturated heterocycles. The Bertz CT molecular complexity index is 1220. The van der Waals surface area contributed by atoms with Crippen LogP contribution in [0.3, 0.4) is 0 Å². The molecule has 8 heteroatoms. The fourth-order valence-electron chi connectivity index (χ4n) is 4.20. The van der Waals surface area contributed by atoms with Crippen LogP contribution in [0.15, 0.2) is 84.0 Å². The van der Waals surface area contributed by atoms with Crippen LogP contribution in [-0.2, 0) is 9.53 Å². The van der Waals surface area contributed by atoms with Crippen LogP contribution in [0.5, 0.6) is 0 Å². The van der Waals surface area contributed by atoms with Crippen molar-refractivity contribution in [2.75, 3.05) is 18.2 Å². The summed E-state index contributed by atoms with van der Waals surface area (Å²) in [6.45, 7) is 0.329. The van der Waals surface area contributed by atoms with Crippen molar-refractivity contribution in [1.29, 1.82) is 0 Å². The second-order valence-corrected chi connectivity index (χ2v) is 8.19. The molecule has 0 saturated carbocycles. The molecule has 2 aliphatic heterocycles. The average Bonchev–Trinajstić information content (AvgIpc) is 3.44. The Hall–Kier alpha value is -3.71. The van der Waals surface area contributed by atoms with Crippen molar-refractivity contribution in [3.63, 3.8) is 0 Å². The lowest BCUT2D eigenvalue weighted by molar-refractivity contribution is -0.129. The summed E-state index contributed by atoms with van der Waals surface area (Å²) < 4.78 is 18.7. The first-order valence-corrected chi connectivity index (χ1v) is 10.8. The summed E-state index contributed by atoms with van der Waals surface area (Å²) in [7, 11) is 0. The van der Waals surface area contributed by atoms with Crippen molar-refractivity contribution in [3.8, 4) is 0 Å². The third-order valence-corrected chi connectivity index (χ3v) is 6.01. The number of halogens is 2. The summed E-state index contributed by atoms with van der Waals surface area (Å²) in [6, 6.07) is 21.6.